The summed E-state index contributed by atoms with van der Waals surface area (Å²) in [5.41, 5.74) is 8.77. The number of nitrogens with two attached hydrogens (primary N) is 1. The molecule has 1 aliphatic rings. The van der Waals surface area contributed by atoms with Crippen LogP contribution in [0.15, 0.2) is 35.5 Å². The fourth-order valence-corrected chi connectivity index (χ4v) is 3.54. The van der Waals surface area contributed by atoms with Gasteiger partial charge in [0.15, 0.2) is 5.16 Å². The molecule has 0 radical (unpaired) electrons. The van der Waals surface area contributed by atoms with Crippen LogP contribution in [0.25, 0.3) is 0 Å². The maximum atomic E-state index is 12.6. The molecule has 114 valence electrons. The van der Waals surface area contributed by atoms with Crippen molar-refractivity contribution in [1.82, 2.24) is 9.97 Å². The van der Waals surface area contributed by atoms with Crippen LogP contribution in [-0.2, 0) is 11.2 Å². The molecule has 2 N–H and O–H groups in total. The third-order valence-corrected chi connectivity index (χ3v) is 4.49. The molecule has 0 fully saturated rings. The van der Waals surface area contributed by atoms with Crippen LogP contribution >= 0.6 is 11.8 Å². The lowest BCUT2D eigenvalue weighted by molar-refractivity contribution is -0.116. The number of carbonyl (C=O) groups excluding carboxylic acids is 1. The van der Waals surface area contributed by atoms with E-state index in [1.54, 1.807) is 6.07 Å². The highest BCUT2D eigenvalue weighted by atomic mass is 32.2. The zero-order chi connectivity index (χ0) is 15.7. The lowest BCUT2D eigenvalue weighted by atomic mass is 10.1. The molecule has 1 unspecified atom stereocenters. The molecule has 2 heterocycles. The molecule has 1 aromatic carbocycles. The second-order valence-electron chi connectivity index (χ2n) is 5.45. The number of fused-ring (bicyclic) bond motifs is 1. The molecule has 1 aliphatic heterocycles. The standard InChI is InChI=1S/C16H18N4OS/c1-10-7-14(17)19-16(18-10)22-9-15(21)20-11(2)8-12-5-3-4-6-13(12)20/h3-7,11H,8-9H2,1-2H3,(H2,17,18,19). The first-order valence-electron chi connectivity index (χ1n) is 7.18. The zero-order valence-electron chi connectivity index (χ0n) is 12.6. The van der Waals surface area contributed by atoms with Gasteiger partial charge in [-0.1, -0.05) is 30.0 Å². The van der Waals surface area contributed by atoms with Crippen LogP contribution in [0.2, 0.25) is 0 Å². The number of amides is 1. The summed E-state index contributed by atoms with van der Waals surface area (Å²) in [7, 11) is 0. The number of thioether (sulfide) groups is 1. The van der Waals surface area contributed by atoms with E-state index in [-0.39, 0.29) is 11.9 Å². The van der Waals surface area contributed by atoms with Gasteiger partial charge in [-0.2, -0.15) is 0 Å². The summed E-state index contributed by atoms with van der Waals surface area (Å²) >= 11 is 1.33. The first-order chi connectivity index (χ1) is 10.5. The van der Waals surface area contributed by atoms with Gasteiger partial charge in [0.1, 0.15) is 5.82 Å². The third kappa shape index (κ3) is 2.92. The number of anilines is 2. The number of nitrogen functional groups attached to an aromatic ring is 1. The van der Waals surface area contributed by atoms with Crippen molar-refractivity contribution in [2.45, 2.75) is 31.5 Å². The van der Waals surface area contributed by atoms with E-state index in [2.05, 4.69) is 23.0 Å². The largest absolute Gasteiger partial charge is 0.384 e. The Bertz CT molecular complexity index is 699. The molecule has 1 amide bonds. The molecule has 0 saturated heterocycles. The highest BCUT2D eigenvalue weighted by Crippen LogP contribution is 2.32. The van der Waals surface area contributed by atoms with Crippen molar-refractivity contribution in [3.05, 3.63) is 41.6 Å². The topological polar surface area (TPSA) is 72.1 Å². The molecule has 6 heteroatoms. The molecular weight excluding hydrogens is 296 g/mol. The molecule has 0 spiro atoms. The van der Waals surface area contributed by atoms with E-state index >= 15 is 0 Å². The quantitative estimate of drug-likeness (QED) is 0.696. The summed E-state index contributed by atoms with van der Waals surface area (Å²) in [5, 5.41) is 0.547. The van der Waals surface area contributed by atoms with E-state index in [4.69, 9.17) is 5.73 Å². The minimum absolute atomic E-state index is 0.0751. The Morgan fingerprint density at radius 2 is 2.18 bits per heavy atom. The van der Waals surface area contributed by atoms with E-state index in [0.29, 0.717) is 16.7 Å². The van der Waals surface area contributed by atoms with Gasteiger partial charge in [-0.25, -0.2) is 9.97 Å². The summed E-state index contributed by atoms with van der Waals surface area (Å²) in [4.78, 5) is 22.9. The predicted octanol–water partition coefficient (Wildman–Crippen LogP) is 2.44. The summed E-state index contributed by atoms with van der Waals surface area (Å²) in [5.74, 6) is 0.815. The fraction of sp³-hybridized carbons (Fsp3) is 0.312. The molecule has 0 bridgehead atoms. The SMILES string of the molecule is Cc1cc(N)nc(SCC(=O)N2c3ccccc3CC2C)n1. The Morgan fingerprint density at radius 3 is 2.95 bits per heavy atom. The first-order valence-corrected chi connectivity index (χ1v) is 8.17. The zero-order valence-corrected chi connectivity index (χ0v) is 13.4. The van der Waals surface area contributed by atoms with Crippen LogP contribution in [-0.4, -0.2) is 27.7 Å². The average Bonchev–Trinajstić information content (AvgIpc) is 2.79. The third-order valence-electron chi connectivity index (χ3n) is 3.65. The van der Waals surface area contributed by atoms with E-state index in [0.717, 1.165) is 17.8 Å². The van der Waals surface area contributed by atoms with Crippen LogP contribution in [0.4, 0.5) is 11.5 Å². The van der Waals surface area contributed by atoms with Gasteiger partial charge in [-0.15, -0.1) is 0 Å². The molecule has 0 aliphatic carbocycles. The number of nitrogens with zero attached hydrogens (tertiary/aromatic N) is 3. The maximum absolute atomic E-state index is 12.6. The van der Waals surface area contributed by atoms with E-state index in [1.807, 2.05) is 30.0 Å². The predicted molar refractivity (Wildman–Crippen MR) is 89.0 cm³/mol. The smallest absolute Gasteiger partial charge is 0.237 e. The molecule has 1 atom stereocenters. The maximum Gasteiger partial charge on any atom is 0.237 e. The van der Waals surface area contributed by atoms with Gasteiger partial charge < -0.3 is 10.6 Å². The Morgan fingerprint density at radius 1 is 1.41 bits per heavy atom. The lowest BCUT2D eigenvalue weighted by Crippen LogP contribution is -2.37. The molecule has 2 aromatic rings. The molecule has 1 aromatic heterocycles. The van der Waals surface area contributed by atoms with Crippen molar-refractivity contribution < 1.29 is 4.79 Å². The van der Waals surface area contributed by atoms with Gasteiger partial charge in [0.05, 0.1) is 5.75 Å². The van der Waals surface area contributed by atoms with E-state index < -0.39 is 0 Å². The van der Waals surface area contributed by atoms with Crippen LogP contribution in [0.3, 0.4) is 0 Å². The van der Waals surface area contributed by atoms with Gasteiger partial charge >= 0.3 is 0 Å². The average molecular weight is 314 g/mol. The van der Waals surface area contributed by atoms with Crippen molar-refractivity contribution in [2.75, 3.05) is 16.4 Å². The fourth-order valence-electron chi connectivity index (χ4n) is 2.77. The minimum atomic E-state index is 0.0751. The first kappa shape index (κ1) is 14.8. The van der Waals surface area contributed by atoms with Crippen molar-refractivity contribution in [3.63, 3.8) is 0 Å². The number of aryl methyl sites for hydroxylation is 1. The van der Waals surface area contributed by atoms with Gasteiger partial charge in [-0.3, -0.25) is 4.79 Å². The highest BCUT2D eigenvalue weighted by Gasteiger charge is 2.30. The van der Waals surface area contributed by atoms with E-state index in [1.165, 1.54) is 17.3 Å². The lowest BCUT2D eigenvalue weighted by Gasteiger charge is -2.22. The van der Waals surface area contributed by atoms with Crippen molar-refractivity contribution in [1.29, 1.82) is 0 Å². The van der Waals surface area contributed by atoms with Gasteiger partial charge in [-0.05, 0) is 31.9 Å². The number of benzene rings is 1. The van der Waals surface area contributed by atoms with Crippen molar-refractivity contribution in [3.8, 4) is 0 Å². The molecular formula is C16H18N4OS. The van der Waals surface area contributed by atoms with Crippen molar-refractivity contribution >= 4 is 29.2 Å². The Balaban J connectivity index is 1.72. The Labute approximate surface area is 133 Å². The number of hydrogen-bond donors (Lipinski definition) is 1. The second-order valence-corrected chi connectivity index (χ2v) is 6.39. The van der Waals surface area contributed by atoms with Crippen LogP contribution < -0.4 is 10.6 Å². The second kappa shape index (κ2) is 5.96. The number of aromatic nitrogens is 2. The Kier molecular flexibility index (Phi) is 4.02. The number of para-hydroxylation sites is 1. The molecule has 3 rings (SSSR count). The minimum Gasteiger partial charge on any atom is -0.384 e. The Hall–Kier alpha value is -2.08. The summed E-state index contributed by atoms with van der Waals surface area (Å²) < 4.78 is 0. The van der Waals surface area contributed by atoms with Crippen LogP contribution in [0.1, 0.15) is 18.2 Å². The van der Waals surface area contributed by atoms with Gasteiger partial charge in [0.2, 0.25) is 5.91 Å². The van der Waals surface area contributed by atoms with Crippen LogP contribution in [0.5, 0.6) is 0 Å². The van der Waals surface area contributed by atoms with Crippen molar-refractivity contribution in [2.24, 2.45) is 0 Å². The number of carbonyl (C=O) groups is 1. The molecule has 22 heavy (non-hydrogen) atoms. The van der Waals surface area contributed by atoms with Crippen LogP contribution in [0, 0.1) is 6.92 Å². The molecule has 0 saturated carbocycles. The monoisotopic (exact) mass is 314 g/mol. The summed E-state index contributed by atoms with van der Waals surface area (Å²) in [6.07, 6.45) is 0.903. The van der Waals surface area contributed by atoms with Gasteiger partial charge in [0, 0.05) is 23.5 Å². The van der Waals surface area contributed by atoms with Gasteiger partial charge in [0.25, 0.3) is 0 Å². The summed E-state index contributed by atoms with van der Waals surface area (Å²) in [6.45, 7) is 3.94. The molecule has 5 nitrogen and oxygen atoms in total. The summed E-state index contributed by atoms with van der Waals surface area (Å²) in [6, 6.07) is 9.96. The number of rotatable bonds is 3. The highest BCUT2D eigenvalue weighted by molar-refractivity contribution is 7.99. The number of hydrogen-bond acceptors (Lipinski definition) is 5. The normalized spacial score (nSPS) is 16.6. The van der Waals surface area contributed by atoms with E-state index in [9.17, 15) is 4.79 Å².